The van der Waals surface area contributed by atoms with Gasteiger partial charge in [-0.15, -0.1) is 0 Å². The molecule has 1 fully saturated rings. The number of aliphatic hydroxyl groups is 2. The first-order valence-corrected chi connectivity index (χ1v) is 6.03. The highest BCUT2D eigenvalue weighted by atomic mass is 19.1. The molecule has 0 bridgehead atoms. The third kappa shape index (κ3) is 2.00. The van der Waals surface area contributed by atoms with Gasteiger partial charge in [0.05, 0.1) is 19.3 Å². The summed E-state index contributed by atoms with van der Waals surface area (Å²) in [6.07, 6.45) is -1.92. The molecule has 5 N–H and O–H groups in total. The number of ether oxygens (including phenoxy) is 1. The van der Waals surface area contributed by atoms with Crippen molar-refractivity contribution < 1.29 is 19.3 Å². The molecule has 1 aliphatic heterocycles. The van der Waals surface area contributed by atoms with Crippen LogP contribution in [0.2, 0.25) is 0 Å². The summed E-state index contributed by atoms with van der Waals surface area (Å²) in [6.45, 7) is -0.488. The molecular weight excluding hydrogens is 285 g/mol. The first-order chi connectivity index (χ1) is 10.1. The number of hydrogen-bond donors (Lipinski definition) is 4. The average molecular weight is 297 g/mol. The SMILES string of the molecule is Nc1nc2c(ncn2[C@@H]2O[C@H](CO)[C@@H](O)C2=CF)c(=O)[nH]1. The highest BCUT2D eigenvalue weighted by Gasteiger charge is 2.40. The fraction of sp³-hybridized carbons (Fsp3) is 0.364. The van der Waals surface area contributed by atoms with Crippen molar-refractivity contribution >= 4 is 17.1 Å². The van der Waals surface area contributed by atoms with E-state index in [1.807, 2.05) is 0 Å². The summed E-state index contributed by atoms with van der Waals surface area (Å²) in [6, 6.07) is 0. The van der Waals surface area contributed by atoms with E-state index in [4.69, 9.17) is 15.6 Å². The Labute approximate surface area is 116 Å². The molecule has 0 aromatic carbocycles. The summed E-state index contributed by atoms with van der Waals surface area (Å²) in [5.41, 5.74) is 4.92. The first kappa shape index (κ1) is 13.7. The van der Waals surface area contributed by atoms with Gasteiger partial charge in [0.2, 0.25) is 5.95 Å². The molecular formula is C11H12FN5O4. The number of hydrogen-bond acceptors (Lipinski definition) is 7. The second kappa shape index (κ2) is 4.91. The summed E-state index contributed by atoms with van der Waals surface area (Å²) >= 11 is 0. The highest BCUT2D eigenvalue weighted by molar-refractivity contribution is 5.70. The summed E-state index contributed by atoms with van der Waals surface area (Å²) in [7, 11) is 0. The summed E-state index contributed by atoms with van der Waals surface area (Å²) in [5, 5.41) is 19.0. The number of aliphatic hydroxyl groups excluding tert-OH is 2. The van der Waals surface area contributed by atoms with Crippen LogP contribution in [0.3, 0.4) is 0 Å². The fourth-order valence-electron chi connectivity index (χ4n) is 2.28. The number of anilines is 1. The van der Waals surface area contributed by atoms with Gasteiger partial charge in [-0.05, 0) is 0 Å². The molecule has 9 nitrogen and oxygen atoms in total. The van der Waals surface area contributed by atoms with Gasteiger partial charge in [-0.3, -0.25) is 14.3 Å². The maximum Gasteiger partial charge on any atom is 0.280 e. The lowest BCUT2D eigenvalue weighted by atomic mass is 10.1. The van der Waals surface area contributed by atoms with E-state index in [2.05, 4.69) is 15.0 Å². The average Bonchev–Trinajstić information content (AvgIpc) is 2.99. The number of nitrogens with one attached hydrogen (secondary N) is 1. The van der Waals surface area contributed by atoms with Crippen molar-refractivity contribution in [3.05, 3.63) is 28.6 Å². The zero-order chi connectivity index (χ0) is 15.1. The van der Waals surface area contributed by atoms with Crippen molar-refractivity contribution in [3.8, 4) is 0 Å². The van der Waals surface area contributed by atoms with Crippen molar-refractivity contribution in [3.63, 3.8) is 0 Å². The van der Waals surface area contributed by atoms with Crippen LogP contribution in [-0.4, -0.2) is 48.5 Å². The highest BCUT2D eigenvalue weighted by Crippen LogP contribution is 2.35. The molecule has 1 aliphatic rings. The van der Waals surface area contributed by atoms with Gasteiger partial charge in [-0.1, -0.05) is 0 Å². The van der Waals surface area contributed by atoms with Crippen molar-refractivity contribution in [2.24, 2.45) is 0 Å². The molecule has 2 aromatic heterocycles. The first-order valence-electron chi connectivity index (χ1n) is 6.03. The minimum absolute atomic E-state index is 0.00736. The topological polar surface area (TPSA) is 139 Å². The molecule has 0 radical (unpaired) electrons. The number of nitrogens with zero attached hydrogens (tertiary/aromatic N) is 3. The Bertz CT molecular complexity index is 770. The minimum atomic E-state index is -1.30. The lowest BCUT2D eigenvalue weighted by Crippen LogP contribution is -2.25. The zero-order valence-corrected chi connectivity index (χ0v) is 10.6. The van der Waals surface area contributed by atoms with Gasteiger partial charge in [-0.25, -0.2) is 9.37 Å². The number of aromatic nitrogens is 4. The molecule has 1 saturated heterocycles. The Morgan fingerprint density at radius 1 is 1.62 bits per heavy atom. The molecule has 0 spiro atoms. The molecule has 3 atom stereocenters. The van der Waals surface area contributed by atoms with Gasteiger partial charge in [0.25, 0.3) is 5.56 Å². The number of rotatable bonds is 2. The summed E-state index contributed by atoms with van der Waals surface area (Å²) in [4.78, 5) is 21.8. The van der Waals surface area contributed by atoms with E-state index < -0.39 is 30.6 Å². The van der Waals surface area contributed by atoms with E-state index in [1.165, 1.54) is 10.9 Å². The van der Waals surface area contributed by atoms with E-state index in [0.29, 0.717) is 0 Å². The lowest BCUT2D eigenvalue weighted by molar-refractivity contribution is -0.0422. The van der Waals surface area contributed by atoms with E-state index in [9.17, 15) is 14.3 Å². The Balaban J connectivity index is 2.15. The number of aromatic amines is 1. The normalized spacial score (nSPS) is 27.8. The van der Waals surface area contributed by atoms with Crippen LogP contribution in [0.25, 0.3) is 11.2 Å². The number of H-pyrrole nitrogens is 1. The van der Waals surface area contributed by atoms with Crippen LogP contribution in [0.1, 0.15) is 6.23 Å². The molecule has 3 rings (SSSR count). The third-order valence-corrected chi connectivity index (χ3v) is 3.29. The van der Waals surface area contributed by atoms with Gasteiger partial charge < -0.3 is 20.7 Å². The van der Waals surface area contributed by atoms with E-state index in [-0.39, 0.29) is 29.0 Å². The third-order valence-electron chi connectivity index (χ3n) is 3.29. The van der Waals surface area contributed by atoms with Crippen LogP contribution >= 0.6 is 0 Å². The predicted molar refractivity (Wildman–Crippen MR) is 68.8 cm³/mol. The Hall–Kier alpha value is -2.30. The van der Waals surface area contributed by atoms with Gasteiger partial charge >= 0.3 is 0 Å². The van der Waals surface area contributed by atoms with Gasteiger partial charge in [0, 0.05) is 5.57 Å². The minimum Gasteiger partial charge on any atom is -0.394 e. The Morgan fingerprint density at radius 3 is 3.05 bits per heavy atom. The van der Waals surface area contributed by atoms with Gasteiger partial charge in [0.15, 0.2) is 17.4 Å². The van der Waals surface area contributed by atoms with Gasteiger partial charge in [0.1, 0.15) is 12.2 Å². The smallest absolute Gasteiger partial charge is 0.280 e. The van der Waals surface area contributed by atoms with Crippen LogP contribution in [-0.2, 0) is 4.74 Å². The molecule has 0 amide bonds. The maximum absolute atomic E-state index is 13.0. The number of halogens is 1. The summed E-state index contributed by atoms with van der Waals surface area (Å²) in [5.74, 6) is -0.128. The molecule has 10 heteroatoms. The predicted octanol–water partition coefficient (Wildman–Crippen LogP) is -1.19. The van der Waals surface area contributed by atoms with Crippen molar-refractivity contribution in [1.29, 1.82) is 0 Å². The largest absolute Gasteiger partial charge is 0.394 e. The molecule has 0 unspecified atom stereocenters. The van der Waals surface area contributed by atoms with Crippen LogP contribution in [0.5, 0.6) is 0 Å². The van der Waals surface area contributed by atoms with Crippen LogP contribution in [0.15, 0.2) is 23.0 Å². The molecule has 2 aromatic rings. The van der Waals surface area contributed by atoms with E-state index in [0.717, 1.165) is 0 Å². The Kier molecular flexibility index (Phi) is 3.20. The number of nitrogens with two attached hydrogens (primary N) is 1. The molecule has 3 heterocycles. The van der Waals surface area contributed by atoms with Crippen LogP contribution in [0.4, 0.5) is 10.3 Å². The van der Waals surface area contributed by atoms with Gasteiger partial charge in [-0.2, -0.15) is 4.98 Å². The second-order valence-electron chi connectivity index (χ2n) is 4.54. The molecule has 0 saturated carbocycles. The maximum atomic E-state index is 13.0. The second-order valence-corrected chi connectivity index (χ2v) is 4.54. The fourth-order valence-corrected chi connectivity index (χ4v) is 2.28. The van der Waals surface area contributed by atoms with Crippen LogP contribution < -0.4 is 11.3 Å². The Morgan fingerprint density at radius 2 is 2.38 bits per heavy atom. The zero-order valence-electron chi connectivity index (χ0n) is 10.6. The van der Waals surface area contributed by atoms with E-state index >= 15 is 0 Å². The number of nitrogen functional groups attached to an aromatic ring is 1. The molecule has 112 valence electrons. The lowest BCUT2D eigenvalue weighted by Gasteiger charge is -2.13. The van der Waals surface area contributed by atoms with Crippen molar-refractivity contribution in [1.82, 2.24) is 19.5 Å². The summed E-state index contributed by atoms with van der Waals surface area (Å²) < 4.78 is 19.7. The number of fused-ring (bicyclic) bond motifs is 1. The van der Waals surface area contributed by atoms with Crippen molar-refractivity contribution in [2.75, 3.05) is 12.3 Å². The molecule has 0 aliphatic carbocycles. The standard InChI is InChI=1S/C11H12FN5O4/c12-1-4-7(19)5(2-18)21-10(4)17-3-14-6-8(17)15-11(13)16-9(6)20/h1,3,5,7,10,18-19H,2H2,(H3,13,15,16,20)/t5-,7+,10-/m1/s1. The van der Waals surface area contributed by atoms with Crippen LogP contribution in [0, 0.1) is 0 Å². The number of imidazole rings is 1. The quantitative estimate of drug-likeness (QED) is 0.546. The van der Waals surface area contributed by atoms with E-state index in [1.54, 1.807) is 0 Å². The molecule has 21 heavy (non-hydrogen) atoms. The monoisotopic (exact) mass is 297 g/mol. The van der Waals surface area contributed by atoms with Crippen molar-refractivity contribution in [2.45, 2.75) is 18.4 Å².